The van der Waals surface area contributed by atoms with E-state index in [9.17, 15) is 14.4 Å². The molecule has 2 aromatic carbocycles. The first-order valence-electron chi connectivity index (χ1n) is 9.23. The van der Waals surface area contributed by atoms with E-state index in [1.54, 1.807) is 4.90 Å². The van der Waals surface area contributed by atoms with E-state index in [1.807, 2.05) is 63.2 Å². The summed E-state index contributed by atoms with van der Waals surface area (Å²) < 4.78 is 5.14. The molecule has 0 unspecified atom stereocenters. The lowest BCUT2D eigenvalue weighted by Crippen LogP contribution is -2.28. The number of hydrogen-bond acceptors (Lipinski definition) is 4. The van der Waals surface area contributed by atoms with Gasteiger partial charge in [-0.05, 0) is 56.2 Å². The van der Waals surface area contributed by atoms with Crippen LogP contribution in [-0.4, -0.2) is 30.9 Å². The molecule has 3 rings (SSSR count). The molecular weight excluding hydrogens is 356 g/mol. The van der Waals surface area contributed by atoms with Gasteiger partial charge in [0.05, 0.1) is 5.92 Å². The second kappa shape index (κ2) is 8.25. The molecule has 1 heterocycles. The number of aryl methyl sites for hydroxylation is 3. The van der Waals surface area contributed by atoms with E-state index in [0.29, 0.717) is 5.69 Å². The molecule has 1 aliphatic rings. The van der Waals surface area contributed by atoms with Gasteiger partial charge in [-0.15, -0.1) is 0 Å². The molecule has 0 saturated carbocycles. The molecule has 1 N–H and O–H groups in total. The molecule has 28 heavy (non-hydrogen) atoms. The number of nitrogens with zero attached hydrogens (tertiary/aromatic N) is 1. The topological polar surface area (TPSA) is 75.7 Å². The molecule has 1 aliphatic heterocycles. The lowest BCUT2D eigenvalue weighted by atomic mass is 10.1. The number of esters is 1. The first-order chi connectivity index (χ1) is 13.3. The van der Waals surface area contributed by atoms with E-state index >= 15 is 0 Å². The number of anilines is 2. The SMILES string of the molecule is Cc1ccc(N2C[C@@H](C(=O)OCC(=O)Nc3cc(C)cc(C)c3)CC2=O)cc1. The summed E-state index contributed by atoms with van der Waals surface area (Å²) in [6.45, 7) is 5.75. The van der Waals surface area contributed by atoms with Gasteiger partial charge in [-0.3, -0.25) is 14.4 Å². The van der Waals surface area contributed by atoms with E-state index in [0.717, 1.165) is 22.4 Å². The average Bonchev–Trinajstić information content (AvgIpc) is 3.01. The van der Waals surface area contributed by atoms with E-state index in [1.165, 1.54) is 0 Å². The number of rotatable bonds is 5. The zero-order valence-electron chi connectivity index (χ0n) is 16.3. The molecular formula is C22H24N2O4. The van der Waals surface area contributed by atoms with Gasteiger partial charge in [0.25, 0.3) is 5.91 Å². The second-order valence-electron chi connectivity index (χ2n) is 7.27. The molecule has 0 spiro atoms. The maximum atomic E-state index is 12.3. The monoisotopic (exact) mass is 380 g/mol. The van der Waals surface area contributed by atoms with Crippen molar-refractivity contribution in [1.29, 1.82) is 0 Å². The zero-order valence-corrected chi connectivity index (χ0v) is 16.3. The molecule has 0 aliphatic carbocycles. The summed E-state index contributed by atoms with van der Waals surface area (Å²) in [4.78, 5) is 38.2. The third-order valence-corrected chi connectivity index (χ3v) is 4.65. The van der Waals surface area contributed by atoms with Gasteiger partial charge in [0, 0.05) is 24.3 Å². The Balaban J connectivity index is 1.53. The molecule has 1 fully saturated rings. The van der Waals surface area contributed by atoms with Gasteiger partial charge in [0.2, 0.25) is 5.91 Å². The number of carbonyl (C=O) groups is 3. The van der Waals surface area contributed by atoms with Crippen molar-refractivity contribution in [3.63, 3.8) is 0 Å². The van der Waals surface area contributed by atoms with Crippen molar-refractivity contribution in [1.82, 2.24) is 0 Å². The van der Waals surface area contributed by atoms with Crippen LogP contribution in [0.1, 0.15) is 23.1 Å². The van der Waals surface area contributed by atoms with E-state index < -0.39 is 17.8 Å². The van der Waals surface area contributed by atoms with Gasteiger partial charge in [-0.1, -0.05) is 23.8 Å². The van der Waals surface area contributed by atoms with Crippen molar-refractivity contribution < 1.29 is 19.1 Å². The summed E-state index contributed by atoms with van der Waals surface area (Å²) in [5, 5.41) is 2.72. The van der Waals surface area contributed by atoms with Crippen LogP contribution in [0.2, 0.25) is 0 Å². The molecule has 0 radical (unpaired) electrons. The smallest absolute Gasteiger partial charge is 0.311 e. The number of amides is 2. The molecule has 0 aromatic heterocycles. The third-order valence-electron chi connectivity index (χ3n) is 4.65. The highest BCUT2D eigenvalue weighted by molar-refractivity contribution is 6.00. The summed E-state index contributed by atoms with van der Waals surface area (Å²) in [5.74, 6) is -1.62. The van der Waals surface area contributed by atoms with Crippen LogP contribution in [0, 0.1) is 26.7 Å². The Bertz CT molecular complexity index is 885. The minimum atomic E-state index is -0.567. The molecule has 1 saturated heterocycles. The van der Waals surface area contributed by atoms with Crippen LogP contribution in [0.3, 0.4) is 0 Å². The van der Waals surface area contributed by atoms with Gasteiger partial charge in [0.15, 0.2) is 6.61 Å². The number of ether oxygens (including phenoxy) is 1. The second-order valence-corrected chi connectivity index (χ2v) is 7.27. The first kappa shape index (κ1) is 19.6. The molecule has 6 heteroatoms. The fourth-order valence-electron chi connectivity index (χ4n) is 3.34. The number of carbonyl (C=O) groups excluding carboxylic acids is 3. The highest BCUT2D eigenvalue weighted by Gasteiger charge is 2.36. The lowest BCUT2D eigenvalue weighted by molar-refractivity contribution is -0.151. The average molecular weight is 380 g/mol. The van der Waals surface area contributed by atoms with Crippen molar-refractivity contribution in [2.24, 2.45) is 5.92 Å². The van der Waals surface area contributed by atoms with Gasteiger partial charge < -0.3 is 15.0 Å². The molecule has 146 valence electrons. The van der Waals surface area contributed by atoms with Crippen molar-refractivity contribution in [3.8, 4) is 0 Å². The Labute approximate surface area is 164 Å². The number of hydrogen-bond donors (Lipinski definition) is 1. The summed E-state index contributed by atoms with van der Waals surface area (Å²) >= 11 is 0. The fraction of sp³-hybridized carbons (Fsp3) is 0.318. The largest absolute Gasteiger partial charge is 0.455 e. The predicted octanol–water partition coefficient (Wildman–Crippen LogP) is 3.15. The van der Waals surface area contributed by atoms with Gasteiger partial charge in [0.1, 0.15) is 0 Å². The number of benzene rings is 2. The molecule has 2 aromatic rings. The van der Waals surface area contributed by atoms with Crippen LogP contribution in [-0.2, 0) is 19.1 Å². The van der Waals surface area contributed by atoms with Crippen molar-refractivity contribution in [2.45, 2.75) is 27.2 Å². The van der Waals surface area contributed by atoms with E-state index in [2.05, 4.69) is 5.32 Å². The van der Waals surface area contributed by atoms with Crippen LogP contribution in [0.5, 0.6) is 0 Å². The lowest BCUT2D eigenvalue weighted by Gasteiger charge is -2.16. The van der Waals surface area contributed by atoms with Crippen molar-refractivity contribution >= 4 is 29.2 Å². The molecule has 1 atom stereocenters. The van der Waals surface area contributed by atoms with Crippen LogP contribution >= 0.6 is 0 Å². The predicted molar refractivity (Wildman–Crippen MR) is 107 cm³/mol. The molecule has 6 nitrogen and oxygen atoms in total. The summed E-state index contributed by atoms with van der Waals surface area (Å²) in [7, 11) is 0. The molecule has 0 bridgehead atoms. The Kier molecular flexibility index (Phi) is 5.78. The van der Waals surface area contributed by atoms with Crippen LogP contribution in [0.4, 0.5) is 11.4 Å². The Morgan fingerprint density at radius 1 is 1.04 bits per heavy atom. The zero-order chi connectivity index (χ0) is 20.3. The minimum Gasteiger partial charge on any atom is -0.455 e. The molecule has 2 amide bonds. The Morgan fingerprint density at radius 3 is 2.32 bits per heavy atom. The summed E-state index contributed by atoms with van der Waals surface area (Å²) in [6.07, 6.45) is 0.0887. The Morgan fingerprint density at radius 2 is 1.68 bits per heavy atom. The maximum absolute atomic E-state index is 12.3. The fourth-order valence-corrected chi connectivity index (χ4v) is 3.34. The standard InChI is InChI=1S/C22H24N2O4/c1-14-4-6-19(7-5-14)24-12-17(11-21(24)26)22(27)28-13-20(25)23-18-9-15(2)8-16(3)10-18/h4-10,17H,11-13H2,1-3H3,(H,23,25)/t17-/m0/s1. The van der Waals surface area contributed by atoms with Crippen LogP contribution < -0.4 is 10.2 Å². The van der Waals surface area contributed by atoms with Crippen LogP contribution in [0.15, 0.2) is 42.5 Å². The highest BCUT2D eigenvalue weighted by atomic mass is 16.5. The van der Waals surface area contributed by atoms with Crippen LogP contribution in [0.25, 0.3) is 0 Å². The third kappa shape index (κ3) is 4.76. The quantitative estimate of drug-likeness (QED) is 0.809. The van der Waals surface area contributed by atoms with Crippen molar-refractivity contribution in [3.05, 3.63) is 59.2 Å². The van der Waals surface area contributed by atoms with Crippen molar-refractivity contribution in [2.75, 3.05) is 23.4 Å². The summed E-state index contributed by atoms with van der Waals surface area (Å²) in [6, 6.07) is 13.3. The van der Waals surface area contributed by atoms with Gasteiger partial charge >= 0.3 is 5.97 Å². The Hall–Kier alpha value is -3.15. The van der Waals surface area contributed by atoms with E-state index in [4.69, 9.17) is 4.74 Å². The summed E-state index contributed by atoms with van der Waals surface area (Å²) in [5.41, 5.74) is 4.60. The normalized spacial score (nSPS) is 16.2. The van der Waals surface area contributed by atoms with Gasteiger partial charge in [-0.2, -0.15) is 0 Å². The number of nitrogens with one attached hydrogen (secondary N) is 1. The minimum absolute atomic E-state index is 0.0887. The first-order valence-corrected chi connectivity index (χ1v) is 9.23. The highest BCUT2D eigenvalue weighted by Crippen LogP contribution is 2.26. The van der Waals surface area contributed by atoms with Gasteiger partial charge in [-0.25, -0.2) is 0 Å². The maximum Gasteiger partial charge on any atom is 0.311 e. The van der Waals surface area contributed by atoms with E-state index in [-0.39, 0.29) is 25.5 Å².